The highest BCUT2D eigenvalue weighted by molar-refractivity contribution is 14.2. The molecule has 0 aliphatic heterocycles. The molecule has 0 spiro atoms. The van der Waals surface area contributed by atoms with Gasteiger partial charge in [-0.15, -0.1) is 0 Å². The lowest BCUT2D eigenvalue weighted by Crippen LogP contribution is -1.93. The summed E-state index contributed by atoms with van der Waals surface area (Å²) in [6.07, 6.45) is 1.83. The zero-order valence-corrected chi connectivity index (χ0v) is 14.9. The Kier molecular flexibility index (Phi) is 4.86. The van der Waals surface area contributed by atoms with E-state index in [2.05, 4.69) is 79.9 Å². The van der Waals surface area contributed by atoms with Crippen LogP contribution in [0.3, 0.4) is 0 Å². The van der Waals surface area contributed by atoms with Gasteiger partial charge in [0.2, 0.25) is 0 Å². The molecule has 1 heterocycles. The van der Waals surface area contributed by atoms with Gasteiger partial charge in [0, 0.05) is 49.7 Å². The summed E-state index contributed by atoms with van der Waals surface area (Å²) < 4.78 is 0. The molecule has 0 radical (unpaired) electrons. The van der Waals surface area contributed by atoms with Crippen LogP contribution < -0.4 is 5.32 Å². The number of aryl methyl sites for hydroxylation is 1. The Balaban J connectivity index is 2.04. The molecule has 3 rings (SSSR count). The number of hydrogen-bond donors (Lipinski definition) is 1. The molecule has 1 aromatic heterocycles. The zero-order chi connectivity index (χ0) is 15.4. The second kappa shape index (κ2) is 7.03. The Morgan fingerprint density at radius 1 is 1.14 bits per heavy atom. The molecule has 0 aliphatic rings. The van der Waals surface area contributed by atoms with Gasteiger partial charge in [-0.3, -0.25) is 4.98 Å². The minimum atomic E-state index is 0.963. The number of halogens is 1. The molecule has 0 aliphatic carbocycles. The Morgan fingerprint density at radius 3 is 2.86 bits per heavy atom. The first kappa shape index (κ1) is 15.2. The summed E-state index contributed by atoms with van der Waals surface area (Å²) >= 11 is 2.18. The molecule has 22 heavy (non-hydrogen) atoms. The zero-order valence-electron chi connectivity index (χ0n) is 11.9. The van der Waals surface area contributed by atoms with Crippen molar-refractivity contribution in [2.45, 2.75) is 6.92 Å². The molecular formula is C18H13IN2S. The van der Waals surface area contributed by atoms with Crippen LogP contribution in [0.25, 0.3) is 10.9 Å². The van der Waals surface area contributed by atoms with Gasteiger partial charge in [0.05, 0.1) is 5.52 Å². The van der Waals surface area contributed by atoms with Gasteiger partial charge in [-0.05, 0) is 63.1 Å². The number of rotatable bonds is 2. The van der Waals surface area contributed by atoms with Gasteiger partial charge in [-0.25, -0.2) is 0 Å². The van der Waals surface area contributed by atoms with Crippen molar-refractivity contribution < 1.29 is 0 Å². The summed E-state index contributed by atoms with van der Waals surface area (Å²) in [7, 11) is 1.49. The predicted octanol–water partition coefficient (Wildman–Crippen LogP) is 5.68. The Labute approximate surface area is 146 Å². The fourth-order valence-corrected chi connectivity index (χ4v) is 2.78. The summed E-state index contributed by atoms with van der Waals surface area (Å²) in [4.78, 5) is 4.43. The van der Waals surface area contributed by atoms with Crippen LogP contribution in [-0.2, 0) is 0 Å². The van der Waals surface area contributed by atoms with Gasteiger partial charge in [-0.2, -0.15) is 0 Å². The number of benzene rings is 2. The van der Waals surface area contributed by atoms with Crippen LogP contribution in [0.4, 0.5) is 11.4 Å². The number of hydrogen-bond acceptors (Lipinski definition) is 3. The smallest absolute Gasteiger partial charge is 0.0723 e. The second-order valence-corrected chi connectivity index (χ2v) is 6.57. The molecule has 108 valence electrons. The van der Waals surface area contributed by atoms with Gasteiger partial charge in [0.25, 0.3) is 0 Å². The summed E-state index contributed by atoms with van der Waals surface area (Å²) in [5.41, 5.74) is 5.31. The SMILES string of the molecule is Cc1cccc(Nc2ccnc3ccc(C#CSI)cc23)c1. The van der Waals surface area contributed by atoms with E-state index in [1.807, 2.05) is 24.4 Å². The maximum absolute atomic E-state index is 4.43. The van der Waals surface area contributed by atoms with Crippen LogP contribution in [-0.4, -0.2) is 4.98 Å². The van der Waals surface area contributed by atoms with E-state index in [9.17, 15) is 0 Å². The van der Waals surface area contributed by atoms with Gasteiger partial charge in [0.15, 0.2) is 0 Å². The van der Waals surface area contributed by atoms with Crippen molar-refractivity contribution in [1.29, 1.82) is 0 Å². The van der Waals surface area contributed by atoms with E-state index in [1.54, 1.807) is 0 Å². The number of anilines is 2. The highest BCUT2D eigenvalue weighted by atomic mass is 127. The largest absolute Gasteiger partial charge is 0.355 e. The van der Waals surface area contributed by atoms with Crippen molar-refractivity contribution in [1.82, 2.24) is 4.98 Å². The fourth-order valence-electron chi connectivity index (χ4n) is 2.29. The quantitative estimate of drug-likeness (QED) is 0.430. The molecule has 4 heteroatoms. The molecule has 0 atom stereocenters. The molecule has 0 amide bonds. The van der Waals surface area contributed by atoms with E-state index in [0.717, 1.165) is 27.8 Å². The van der Waals surface area contributed by atoms with Crippen LogP contribution in [0.1, 0.15) is 11.1 Å². The second-order valence-electron chi connectivity index (χ2n) is 4.89. The Hall–Kier alpha value is -1.71. The number of nitrogens with zero attached hydrogens (tertiary/aromatic N) is 1. The van der Waals surface area contributed by atoms with Gasteiger partial charge >= 0.3 is 0 Å². The Morgan fingerprint density at radius 2 is 2.05 bits per heavy atom. The summed E-state index contributed by atoms with van der Waals surface area (Å²) in [5, 5.41) is 7.57. The van der Waals surface area contributed by atoms with E-state index in [-0.39, 0.29) is 0 Å². The van der Waals surface area contributed by atoms with Crippen molar-refractivity contribution in [3.63, 3.8) is 0 Å². The number of nitrogens with one attached hydrogen (secondary N) is 1. The van der Waals surface area contributed by atoms with Crippen LogP contribution >= 0.6 is 30.1 Å². The third-order valence-electron chi connectivity index (χ3n) is 3.27. The van der Waals surface area contributed by atoms with Crippen molar-refractivity contribution in [3.05, 3.63) is 65.9 Å². The number of pyridine rings is 1. The first-order valence-electron chi connectivity index (χ1n) is 6.77. The topological polar surface area (TPSA) is 24.9 Å². The summed E-state index contributed by atoms with van der Waals surface area (Å²) in [5.74, 6) is 3.14. The predicted molar refractivity (Wildman–Crippen MR) is 105 cm³/mol. The van der Waals surface area contributed by atoms with E-state index in [1.165, 1.54) is 14.5 Å². The lowest BCUT2D eigenvalue weighted by atomic mass is 10.1. The van der Waals surface area contributed by atoms with Crippen molar-refractivity contribution in [2.75, 3.05) is 5.32 Å². The lowest BCUT2D eigenvalue weighted by molar-refractivity contribution is 1.40. The average Bonchev–Trinajstić information content (AvgIpc) is 2.53. The maximum Gasteiger partial charge on any atom is 0.0723 e. The molecule has 0 saturated heterocycles. The van der Waals surface area contributed by atoms with Crippen molar-refractivity contribution in [2.24, 2.45) is 0 Å². The molecule has 0 saturated carbocycles. The molecule has 0 fully saturated rings. The van der Waals surface area contributed by atoms with E-state index < -0.39 is 0 Å². The minimum Gasteiger partial charge on any atom is -0.355 e. The first-order chi connectivity index (χ1) is 10.8. The average molecular weight is 416 g/mol. The fraction of sp³-hybridized carbons (Fsp3) is 0.0556. The van der Waals surface area contributed by atoms with Crippen LogP contribution in [0, 0.1) is 18.1 Å². The van der Waals surface area contributed by atoms with Gasteiger partial charge in [-0.1, -0.05) is 18.1 Å². The number of fused-ring (bicyclic) bond motifs is 1. The number of aromatic nitrogens is 1. The van der Waals surface area contributed by atoms with Crippen molar-refractivity contribution >= 4 is 52.4 Å². The normalized spacial score (nSPS) is 10.1. The lowest BCUT2D eigenvalue weighted by Gasteiger charge is -2.10. The molecule has 1 N–H and O–H groups in total. The molecule has 0 unspecified atom stereocenters. The first-order valence-corrected chi connectivity index (χ1v) is 10.1. The third-order valence-corrected chi connectivity index (χ3v) is 4.11. The third kappa shape index (κ3) is 3.54. The van der Waals surface area contributed by atoms with E-state index in [0.29, 0.717) is 0 Å². The van der Waals surface area contributed by atoms with E-state index in [4.69, 9.17) is 0 Å². The van der Waals surface area contributed by atoms with Gasteiger partial charge in [0.1, 0.15) is 0 Å². The molecule has 3 aromatic rings. The molecular weight excluding hydrogens is 403 g/mol. The van der Waals surface area contributed by atoms with E-state index >= 15 is 0 Å². The monoisotopic (exact) mass is 416 g/mol. The highest BCUT2D eigenvalue weighted by Crippen LogP contribution is 2.26. The highest BCUT2D eigenvalue weighted by Gasteiger charge is 2.03. The maximum atomic E-state index is 4.43. The Bertz CT molecular complexity index is 881. The minimum absolute atomic E-state index is 0.963. The molecule has 2 aromatic carbocycles. The van der Waals surface area contributed by atoms with Gasteiger partial charge < -0.3 is 5.32 Å². The summed E-state index contributed by atoms with van der Waals surface area (Å²) in [6, 6.07) is 16.4. The van der Waals surface area contributed by atoms with Crippen LogP contribution in [0.2, 0.25) is 0 Å². The summed E-state index contributed by atoms with van der Waals surface area (Å²) in [6.45, 7) is 2.09. The van der Waals surface area contributed by atoms with Crippen molar-refractivity contribution in [3.8, 4) is 11.2 Å². The molecule has 0 bridgehead atoms. The van der Waals surface area contributed by atoms with Crippen LogP contribution in [0.5, 0.6) is 0 Å². The van der Waals surface area contributed by atoms with Crippen LogP contribution in [0.15, 0.2) is 54.7 Å². The standard InChI is InChI=1S/C18H13IN2S/c1-13-3-2-4-15(11-13)21-18-7-9-20-17-6-5-14(8-10-22-19)12-16(17)18/h2-7,9,11-12H,1H3,(H,20,21). The molecule has 2 nitrogen and oxygen atoms in total.